The van der Waals surface area contributed by atoms with Crippen molar-refractivity contribution in [2.24, 2.45) is 0 Å². The second-order valence-corrected chi connectivity index (χ2v) is 13.5. The summed E-state index contributed by atoms with van der Waals surface area (Å²) in [7, 11) is 0. The molecule has 7 rings (SSSR count). The number of para-hydroxylation sites is 2. The van der Waals surface area contributed by atoms with Crippen LogP contribution in [-0.2, 0) is 4.76 Å². The van der Waals surface area contributed by atoms with Gasteiger partial charge in [0.25, 0.3) is 0 Å². The normalized spacial score (nSPS) is 14.0. The maximum Gasteiger partial charge on any atom is 0.531 e. The van der Waals surface area contributed by atoms with Gasteiger partial charge in [0.2, 0.25) is 0 Å². The summed E-state index contributed by atoms with van der Waals surface area (Å²) in [6.07, 6.45) is 1.03. The van der Waals surface area contributed by atoms with Gasteiger partial charge >= 0.3 is 12.3 Å². The first-order valence-corrected chi connectivity index (χ1v) is 16.3. The van der Waals surface area contributed by atoms with Gasteiger partial charge in [-0.3, -0.25) is 4.76 Å². The molecule has 6 aromatic rings. The molecule has 0 aliphatic carbocycles. The van der Waals surface area contributed by atoms with Crippen LogP contribution < -0.4 is 25.4 Å². The van der Waals surface area contributed by atoms with Crippen molar-refractivity contribution in [3.63, 3.8) is 0 Å². The molecular weight excluding hydrogens is 727 g/mol. The Hall–Kier alpha value is -5.67. The fraction of sp³-hybridized carbons (Fsp3) is 0.103. The van der Waals surface area contributed by atoms with Crippen LogP contribution in [0.15, 0.2) is 103 Å². The zero-order valence-electron chi connectivity index (χ0n) is 28.4. The second kappa shape index (κ2) is 13.3. The molecule has 5 aromatic carbocycles. The summed E-state index contributed by atoms with van der Waals surface area (Å²) >= 11 is 0. The van der Waals surface area contributed by atoms with E-state index in [0.29, 0.717) is 15.7 Å². The number of aromatic nitrogens is 1. The van der Waals surface area contributed by atoms with E-state index in [-0.39, 0.29) is 11.4 Å². The topological polar surface area (TPSA) is 22.2 Å². The number of benzene rings is 5. The van der Waals surface area contributed by atoms with E-state index in [4.69, 9.17) is 4.76 Å². The lowest BCUT2D eigenvalue weighted by Crippen LogP contribution is -2.80. The molecule has 0 amide bonds. The Morgan fingerprint density at radius 1 is 0.463 bits per heavy atom. The van der Waals surface area contributed by atoms with E-state index < -0.39 is 81.1 Å². The smallest absolute Gasteiger partial charge is 0.327 e. The molecule has 2 heterocycles. The van der Waals surface area contributed by atoms with E-state index in [0.717, 1.165) is 22.6 Å². The minimum absolute atomic E-state index is 0.134. The van der Waals surface area contributed by atoms with E-state index in [2.05, 4.69) is 0 Å². The van der Waals surface area contributed by atoms with E-state index >= 15 is 17.6 Å². The number of rotatable bonds is 6. The zero-order chi connectivity index (χ0) is 38.9. The van der Waals surface area contributed by atoms with E-state index in [1.165, 1.54) is 32.9 Å². The first-order valence-electron chi connectivity index (χ1n) is 16.3. The third-order valence-electron chi connectivity index (χ3n) is 9.18. The lowest BCUT2D eigenvalue weighted by molar-refractivity contribution is -0.527. The van der Waals surface area contributed by atoms with E-state index in [1.54, 1.807) is 24.3 Å². The number of nitrogens with zero attached hydrogens (tertiary/aromatic N) is 3. The molecule has 4 nitrogen and oxygen atoms in total. The highest BCUT2D eigenvalue weighted by Crippen LogP contribution is 2.37. The molecule has 15 heteroatoms. The quantitative estimate of drug-likeness (QED) is 0.0557. The van der Waals surface area contributed by atoms with E-state index in [1.807, 2.05) is 65.6 Å². The molecule has 1 aliphatic rings. The third kappa shape index (κ3) is 5.61. The summed E-state index contributed by atoms with van der Waals surface area (Å²) < 4.78 is 159. The Balaban J connectivity index is 1.51. The molecule has 0 unspecified atom stereocenters. The summed E-state index contributed by atoms with van der Waals surface area (Å²) in [6, 6.07) is 28.1. The highest BCUT2D eigenvalue weighted by molar-refractivity contribution is 6.91. The minimum atomic E-state index is -4.79. The highest BCUT2D eigenvalue weighted by Gasteiger charge is 2.67. The molecule has 1 aromatic heterocycles. The van der Waals surface area contributed by atoms with Crippen molar-refractivity contribution in [2.75, 3.05) is 4.90 Å². The lowest BCUT2D eigenvalue weighted by atomic mass is 9.41. The minimum Gasteiger partial charge on any atom is -0.327 e. The third-order valence-corrected chi connectivity index (χ3v) is 9.18. The van der Waals surface area contributed by atoms with Crippen LogP contribution in [0.25, 0.3) is 11.1 Å². The first kappa shape index (κ1) is 36.7. The van der Waals surface area contributed by atoms with Crippen LogP contribution >= 0.6 is 0 Å². The Kier molecular flexibility index (Phi) is 9.05. The summed E-state index contributed by atoms with van der Waals surface area (Å²) in [4.78, 5) is 1.94. The van der Waals surface area contributed by atoms with Crippen molar-refractivity contribution in [1.82, 2.24) is 5.06 Å². The van der Waals surface area contributed by atoms with Gasteiger partial charge in [0.15, 0.2) is 40.4 Å². The van der Waals surface area contributed by atoms with Crippen LogP contribution in [0, 0.1) is 58.2 Å². The molecule has 1 aliphatic heterocycles. The Bertz CT molecular complexity index is 2260. The Morgan fingerprint density at radius 2 is 0.833 bits per heavy atom. The number of hydrogen-bond acceptors (Lipinski definition) is 3. The number of fused-ring (bicyclic) bond motifs is 1. The second-order valence-electron chi connectivity index (χ2n) is 13.5. The predicted octanol–water partition coefficient (Wildman–Crippen LogP) is 9.12. The van der Waals surface area contributed by atoms with Crippen molar-refractivity contribution < 1.29 is 53.1 Å². The summed E-state index contributed by atoms with van der Waals surface area (Å²) in [5.41, 5.74) is -2.47. The van der Waals surface area contributed by atoms with Crippen LogP contribution in [0.1, 0.15) is 20.8 Å². The number of hydroxylamine groups is 1. The van der Waals surface area contributed by atoms with Gasteiger partial charge in [0, 0.05) is 22.6 Å². The van der Waals surface area contributed by atoms with Gasteiger partial charge in [0.05, 0.1) is 11.1 Å². The van der Waals surface area contributed by atoms with Gasteiger partial charge in [-0.05, 0) is 79.7 Å². The van der Waals surface area contributed by atoms with Crippen LogP contribution in [0.2, 0.25) is 0 Å². The summed E-state index contributed by atoms with van der Waals surface area (Å²) in [5, 5.41) is 0.841. The SMILES string of the molecule is CC(C)(C)[N+]1O[B-](c2c(F)c(F)c(F)c(F)c2F)(c2c(F)c(F)c(F)c(F)c2F)[n+]2cc(-c3ccc(N(c4ccccc4)c4ccccc4)cc3)ccc21. The molecule has 0 fully saturated rings. The fourth-order valence-electron chi connectivity index (χ4n) is 6.77. The molecule has 0 spiro atoms. The lowest BCUT2D eigenvalue weighted by Gasteiger charge is -2.29. The van der Waals surface area contributed by atoms with Crippen molar-refractivity contribution in [3.05, 3.63) is 161 Å². The van der Waals surface area contributed by atoms with Crippen molar-refractivity contribution in [3.8, 4) is 11.1 Å². The number of anilines is 4. The summed E-state index contributed by atoms with van der Waals surface area (Å²) in [6.45, 7) is -0.421. The predicted molar refractivity (Wildman–Crippen MR) is 182 cm³/mol. The number of pyridine rings is 1. The molecule has 1 radical (unpaired) electrons. The van der Waals surface area contributed by atoms with Crippen LogP contribution in [0.5, 0.6) is 0 Å². The highest BCUT2D eigenvalue weighted by atomic mass is 19.2. The number of halogens is 10. The molecule has 0 atom stereocenters. The molecule has 0 N–H and O–H groups in total. The van der Waals surface area contributed by atoms with Gasteiger partial charge in [-0.1, -0.05) is 48.5 Å². The first-order chi connectivity index (χ1) is 25.6. The molecule has 0 saturated carbocycles. The average molecular weight is 753 g/mol. The van der Waals surface area contributed by atoms with E-state index in [9.17, 15) is 26.3 Å². The maximum absolute atomic E-state index is 15.9. The molecule has 0 saturated heterocycles. The fourth-order valence-corrected chi connectivity index (χ4v) is 6.77. The monoisotopic (exact) mass is 753 g/mol. The van der Waals surface area contributed by atoms with Crippen LogP contribution in [0.3, 0.4) is 0 Å². The molecular formula is C39H26BF10N3O+. The van der Waals surface area contributed by atoms with Gasteiger partial charge < -0.3 is 9.38 Å². The van der Waals surface area contributed by atoms with Gasteiger partial charge in [-0.15, -0.1) is 0 Å². The van der Waals surface area contributed by atoms with Crippen molar-refractivity contribution >= 4 is 40.3 Å². The van der Waals surface area contributed by atoms with Gasteiger partial charge in [0.1, 0.15) is 29.5 Å². The Labute approximate surface area is 302 Å². The zero-order valence-corrected chi connectivity index (χ0v) is 28.4. The molecule has 275 valence electrons. The van der Waals surface area contributed by atoms with Crippen LogP contribution in [0.4, 0.5) is 66.8 Å². The average Bonchev–Trinajstić information content (AvgIpc) is 3.51. The van der Waals surface area contributed by atoms with Crippen molar-refractivity contribution in [1.29, 1.82) is 0 Å². The standard InChI is InChI=1S/C39H26BF10N3O/c1-39(2,3)53-26-19-16-22(21-14-17-25(18-15-21)52(23-10-6-4-7-11-23)24-12-8-5-9-13-24)20-51(26)40(54-53,27-29(41)33(45)37(49)34(46)30(27)42)28-31(43)35(47)38(50)36(48)32(28)44/h4-20H,1-3H3/q+1. The van der Waals surface area contributed by atoms with Gasteiger partial charge in [-0.2, -0.15) is 0 Å². The van der Waals surface area contributed by atoms with Crippen LogP contribution in [-0.4, -0.2) is 12.0 Å². The van der Waals surface area contributed by atoms with Gasteiger partial charge in [-0.25, -0.2) is 43.9 Å². The van der Waals surface area contributed by atoms with Crippen molar-refractivity contribution in [2.45, 2.75) is 26.3 Å². The summed E-state index contributed by atoms with van der Waals surface area (Å²) in [5.74, 6) is -26.1. The molecule has 0 bridgehead atoms. The number of hydrogen-bond donors (Lipinski definition) is 0. The maximum atomic E-state index is 15.9. The largest absolute Gasteiger partial charge is 0.531 e. The molecule has 54 heavy (non-hydrogen) atoms. The Morgan fingerprint density at radius 3 is 1.24 bits per heavy atom.